The first-order chi connectivity index (χ1) is 4.33. The molecule has 1 rings (SSSR count). The highest BCUT2D eigenvalue weighted by molar-refractivity contribution is 4.70. The van der Waals surface area contributed by atoms with E-state index < -0.39 is 6.17 Å². The van der Waals surface area contributed by atoms with Gasteiger partial charge in [0, 0.05) is 6.54 Å². The minimum Gasteiger partial charge on any atom is -0.301 e. The van der Waals surface area contributed by atoms with Gasteiger partial charge in [-0.1, -0.05) is 6.92 Å². The Morgan fingerprint density at radius 1 is 1.67 bits per heavy atom. The second kappa shape index (κ2) is 3.16. The molecule has 1 saturated heterocycles. The Morgan fingerprint density at radius 3 is 2.89 bits per heavy atom. The molecule has 1 aliphatic rings. The fraction of sp³-hybridized carbons (Fsp3) is 1.00. The van der Waals surface area contributed by atoms with Crippen molar-refractivity contribution in [3.63, 3.8) is 0 Å². The molecule has 54 valence electrons. The van der Waals surface area contributed by atoms with E-state index in [-0.39, 0.29) is 0 Å². The average Bonchev–Trinajstić information content (AvgIpc) is 1.88. The highest BCUT2D eigenvalue weighted by Gasteiger charge is 2.16. The first-order valence-corrected chi connectivity index (χ1v) is 3.69. The van der Waals surface area contributed by atoms with Crippen LogP contribution >= 0.6 is 0 Å². The predicted molar refractivity (Wildman–Crippen MR) is 36.2 cm³/mol. The van der Waals surface area contributed by atoms with Crippen molar-refractivity contribution in [2.75, 3.05) is 19.6 Å². The Bertz CT molecular complexity index is 85.0. The van der Waals surface area contributed by atoms with Crippen molar-refractivity contribution in [2.45, 2.75) is 25.9 Å². The van der Waals surface area contributed by atoms with E-state index in [9.17, 15) is 4.39 Å². The minimum atomic E-state index is -0.557. The molecule has 0 unspecified atom stereocenters. The summed E-state index contributed by atoms with van der Waals surface area (Å²) in [6.07, 6.45) is 1.25. The van der Waals surface area contributed by atoms with Gasteiger partial charge in [-0.25, -0.2) is 4.39 Å². The van der Waals surface area contributed by atoms with Gasteiger partial charge >= 0.3 is 0 Å². The lowest BCUT2D eigenvalue weighted by atomic mass is 10.1. The van der Waals surface area contributed by atoms with Gasteiger partial charge in [-0.05, 0) is 25.9 Å². The van der Waals surface area contributed by atoms with E-state index in [4.69, 9.17) is 0 Å². The monoisotopic (exact) mass is 131 g/mol. The molecule has 0 spiro atoms. The number of likely N-dealkylation sites (tertiary alicyclic amines) is 1. The summed E-state index contributed by atoms with van der Waals surface area (Å²) in [4.78, 5) is 2.16. The molecule has 0 aromatic heterocycles. The second-order valence-corrected chi connectivity index (χ2v) is 2.63. The van der Waals surface area contributed by atoms with Crippen LogP contribution in [0.3, 0.4) is 0 Å². The van der Waals surface area contributed by atoms with Crippen molar-refractivity contribution in [3.05, 3.63) is 0 Å². The number of rotatable bonds is 1. The number of hydrogen-bond acceptors (Lipinski definition) is 1. The van der Waals surface area contributed by atoms with E-state index in [0.717, 1.165) is 25.9 Å². The van der Waals surface area contributed by atoms with Crippen LogP contribution in [0.2, 0.25) is 0 Å². The second-order valence-electron chi connectivity index (χ2n) is 2.63. The summed E-state index contributed by atoms with van der Waals surface area (Å²) in [5, 5.41) is 0. The molecule has 0 N–H and O–H groups in total. The van der Waals surface area contributed by atoms with Crippen molar-refractivity contribution in [2.24, 2.45) is 0 Å². The number of hydrogen-bond donors (Lipinski definition) is 0. The molecule has 1 nitrogen and oxygen atoms in total. The highest BCUT2D eigenvalue weighted by atomic mass is 19.1. The van der Waals surface area contributed by atoms with Crippen LogP contribution in [0.1, 0.15) is 19.8 Å². The van der Waals surface area contributed by atoms with E-state index in [1.807, 2.05) is 0 Å². The molecule has 0 aliphatic carbocycles. The molecule has 0 amide bonds. The molecule has 0 saturated carbocycles. The Kier molecular flexibility index (Phi) is 2.46. The molecule has 1 fully saturated rings. The van der Waals surface area contributed by atoms with Gasteiger partial charge in [0.1, 0.15) is 6.17 Å². The normalized spacial score (nSPS) is 30.7. The molecule has 0 bridgehead atoms. The molecular formula is C7H14FN. The van der Waals surface area contributed by atoms with E-state index in [0.29, 0.717) is 6.54 Å². The summed E-state index contributed by atoms with van der Waals surface area (Å²) in [5.41, 5.74) is 0. The third-order valence-electron chi connectivity index (χ3n) is 1.90. The molecule has 9 heavy (non-hydrogen) atoms. The van der Waals surface area contributed by atoms with Crippen LogP contribution in [-0.2, 0) is 0 Å². The molecule has 0 aromatic carbocycles. The first kappa shape index (κ1) is 7.00. The topological polar surface area (TPSA) is 3.24 Å². The van der Waals surface area contributed by atoms with Crippen molar-refractivity contribution in [1.29, 1.82) is 0 Å². The Balaban J connectivity index is 2.23. The number of halogens is 1. The first-order valence-electron chi connectivity index (χ1n) is 3.69. The van der Waals surface area contributed by atoms with Crippen LogP contribution in [0.15, 0.2) is 0 Å². The molecule has 0 aromatic rings. The van der Waals surface area contributed by atoms with E-state index in [2.05, 4.69) is 11.8 Å². The molecule has 1 heterocycles. The van der Waals surface area contributed by atoms with Crippen LogP contribution < -0.4 is 0 Å². The van der Waals surface area contributed by atoms with Crippen LogP contribution in [-0.4, -0.2) is 30.7 Å². The van der Waals surface area contributed by atoms with Gasteiger partial charge in [0.2, 0.25) is 0 Å². The molecule has 1 aliphatic heterocycles. The summed E-state index contributed by atoms with van der Waals surface area (Å²) in [6, 6.07) is 0. The summed E-state index contributed by atoms with van der Waals surface area (Å²) >= 11 is 0. The molecule has 1 atom stereocenters. The third kappa shape index (κ3) is 1.94. The lowest BCUT2D eigenvalue weighted by molar-refractivity contribution is 0.144. The van der Waals surface area contributed by atoms with Crippen molar-refractivity contribution < 1.29 is 4.39 Å². The van der Waals surface area contributed by atoms with Crippen LogP contribution in [0.5, 0.6) is 0 Å². The Labute approximate surface area is 55.8 Å². The van der Waals surface area contributed by atoms with Gasteiger partial charge in [0.15, 0.2) is 0 Å². The van der Waals surface area contributed by atoms with Crippen molar-refractivity contribution in [1.82, 2.24) is 4.90 Å². The van der Waals surface area contributed by atoms with Crippen molar-refractivity contribution >= 4 is 0 Å². The van der Waals surface area contributed by atoms with Crippen LogP contribution in [0, 0.1) is 0 Å². The predicted octanol–water partition coefficient (Wildman–Crippen LogP) is 1.44. The fourth-order valence-corrected chi connectivity index (χ4v) is 1.29. The smallest absolute Gasteiger partial charge is 0.113 e. The van der Waals surface area contributed by atoms with Gasteiger partial charge in [0.25, 0.3) is 0 Å². The standard InChI is InChI=1S/C7H14FN/c1-2-9-5-3-4-7(8)6-9/h7H,2-6H2,1H3/t7-/m0/s1. The van der Waals surface area contributed by atoms with Gasteiger partial charge in [-0.15, -0.1) is 0 Å². The summed E-state index contributed by atoms with van der Waals surface area (Å²) < 4.78 is 12.6. The molecular weight excluding hydrogens is 117 g/mol. The zero-order chi connectivity index (χ0) is 6.69. The Hall–Kier alpha value is -0.110. The van der Waals surface area contributed by atoms with Crippen LogP contribution in [0.4, 0.5) is 4.39 Å². The van der Waals surface area contributed by atoms with Gasteiger partial charge < -0.3 is 4.90 Å². The van der Waals surface area contributed by atoms with Crippen molar-refractivity contribution in [3.8, 4) is 0 Å². The number of nitrogens with zero attached hydrogens (tertiary/aromatic N) is 1. The molecule has 2 heteroatoms. The molecule has 0 radical (unpaired) electrons. The van der Waals surface area contributed by atoms with Gasteiger partial charge in [0.05, 0.1) is 0 Å². The lowest BCUT2D eigenvalue weighted by Crippen LogP contribution is -2.35. The average molecular weight is 131 g/mol. The number of alkyl halides is 1. The van der Waals surface area contributed by atoms with E-state index >= 15 is 0 Å². The minimum absolute atomic E-state index is 0.557. The summed E-state index contributed by atoms with van der Waals surface area (Å²) in [6.45, 7) is 4.84. The van der Waals surface area contributed by atoms with Gasteiger partial charge in [-0.3, -0.25) is 0 Å². The fourth-order valence-electron chi connectivity index (χ4n) is 1.29. The maximum Gasteiger partial charge on any atom is 0.113 e. The highest BCUT2D eigenvalue weighted by Crippen LogP contribution is 2.11. The Morgan fingerprint density at radius 2 is 2.44 bits per heavy atom. The maximum absolute atomic E-state index is 12.6. The van der Waals surface area contributed by atoms with Crippen LogP contribution in [0.25, 0.3) is 0 Å². The quantitative estimate of drug-likeness (QED) is 0.520. The zero-order valence-corrected chi connectivity index (χ0v) is 5.94. The maximum atomic E-state index is 12.6. The van der Waals surface area contributed by atoms with Gasteiger partial charge in [-0.2, -0.15) is 0 Å². The lowest BCUT2D eigenvalue weighted by Gasteiger charge is -2.27. The van der Waals surface area contributed by atoms with E-state index in [1.54, 1.807) is 0 Å². The largest absolute Gasteiger partial charge is 0.301 e. The number of piperidine rings is 1. The third-order valence-corrected chi connectivity index (χ3v) is 1.90. The zero-order valence-electron chi connectivity index (χ0n) is 5.94. The van der Waals surface area contributed by atoms with E-state index in [1.165, 1.54) is 0 Å². The summed E-state index contributed by atoms with van der Waals surface area (Å²) in [7, 11) is 0. The summed E-state index contributed by atoms with van der Waals surface area (Å²) in [5.74, 6) is 0. The SMILES string of the molecule is CCN1CCC[C@H](F)C1.